The minimum atomic E-state index is -0.475. The third-order valence-electron chi connectivity index (χ3n) is 6.09. The van der Waals surface area contributed by atoms with Crippen LogP contribution in [0, 0.1) is 16.7 Å². The average Bonchev–Trinajstić information content (AvgIpc) is 2.98. The Morgan fingerprint density at radius 3 is 2.70 bits per heavy atom. The van der Waals surface area contributed by atoms with E-state index in [9.17, 15) is 10.1 Å². The van der Waals surface area contributed by atoms with E-state index in [1.807, 2.05) is 36.4 Å². The predicted molar refractivity (Wildman–Crippen MR) is 107 cm³/mol. The van der Waals surface area contributed by atoms with E-state index in [1.54, 1.807) is 0 Å². The van der Waals surface area contributed by atoms with Gasteiger partial charge in [-0.15, -0.1) is 0 Å². The number of rotatable bonds is 1. The molecule has 1 unspecified atom stereocenters. The van der Waals surface area contributed by atoms with Gasteiger partial charge in [0.25, 0.3) is 0 Å². The first-order valence-corrected chi connectivity index (χ1v) is 9.45. The molecule has 0 bridgehead atoms. The zero-order valence-electron chi connectivity index (χ0n) is 15.0. The maximum absolute atomic E-state index is 13.3. The molecule has 1 aromatic carbocycles. The highest BCUT2D eigenvalue weighted by Crippen LogP contribution is 2.50. The molecule has 1 atom stereocenters. The molecule has 2 nitrogen and oxygen atoms in total. The fourth-order valence-electron chi connectivity index (χ4n) is 4.70. The molecule has 2 heteroatoms. The Balaban J connectivity index is 1.54. The number of carbonyl (C=O) groups excluding carboxylic acids is 1. The summed E-state index contributed by atoms with van der Waals surface area (Å²) in [4.78, 5) is 13.3. The van der Waals surface area contributed by atoms with E-state index in [0.717, 1.165) is 41.5 Å². The highest BCUT2D eigenvalue weighted by molar-refractivity contribution is 6.11. The highest BCUT2D eigenvalue weighted by Gasteiger charge is 2.45. The highest BCUT2D eigenvalue weighted by atomic mass is 16.1. The smallest absolute Gasteiger partial charge is 0.176 e. The Morgan fingerprint density at radius 2 is 1.81 bits per heavy atom. The summed E-state index contributed by atoms with van der Waals surface area (Å²) in [6, 6.07) is 9.97. The lowest BCUT2D eigenvalue weighted by Crippen LogP contribution is -2.28. The van der Waals surface area contributed by atoms with Gasteiger partial charge in [0.2, 0.25) is 0 Å². The van der Waals surface area contributed by atoms with Gasteiger partial charge in [-0.1, -0.05) is 60.7 Å². The van der Waals surface area contributed by atoms with Crippen LogP contribution in [-0.4, -0.2) is 5.78 Å². The molecular weight excluding hydrogens is 330 g/mol. The summed E-state index contributed by atoms with van der Waals surface area (Å²) in [5.74, 6) is 0.238. The van der Waals surface area contributed by atoms with Crippen molar-refractivity contribution in [1.29, 1.82) is 5.26 Å². The third-order valence-corrected chi connectivity index (χ3v) is 6.09. The summed E-state index contributed by atoms with van der Waals surface area (Å²) in [6.45, 7) is 0. The summed E-state index contributed by atoms with van der Waals surface area (Å²) in [7, 11) is 0. The second-order valence-corrected chi connectivity index (χ2v) is 7.64. The van der Waals surface area contributed by atoms with Crippen molar-refractivity contribution in [3.8, 4) is 6.07 Å². The fourth-order valence-corrected chi connectivity index (χ4v) is 4.70. The summed E-state index contributed by atoms with van der Waals surface area (Å²) >= 11 is 0. The topological polar surface area (TPSA) is 40.9 Å². The standard InChI is InChI=1S/C25H19NO/c26-16-20-7-3-4-8-22(20)18-9-10-23-21(13-18)15-25(24(23)27)12-11-17-5-1-2-6-19(17)14-25/h1-5,7-10,14-15H,6,11-13H2. The molecule has 130 valence electrons. The lowest BCUT2D eigenvalue weighted by atomic mass is 9.71. The number of carbonyl (C=O) groups is 1. The predicted octanol–water partition coefficient (Wildman–Crippen LogP) is 5.37. The Kier molecular flexibility index (Phi) is 3.52. The maximum Gasteiger partial charge on any atom is 0.176 e. The molecule has 0 fully saturated rings. The first kappa shape index (κ1) is 16.0. The summed E-state index contributed by atoms with van der Waals surface area (Å²) in [5.41, 5.74) is 6.92. The minimum absolute atomic E-state index is 0.238. The molecule has 0 heterocycles. The van der Waals surface area contributed by atoms with Gasteiger partial charge >= 0.3 is 0 Å². The van der Waals surface area contributed by atoms with E-state index >= 15 is 0 Å². The molecule has 0 saturated carbocycles. The van der Waals surface area contributed by atoms with Crippen LogP contribution in [0.25, 0.3) is 5.57 Å². The second-order valence-electron chi connectivity index (χ2n) is 7.64. The quantitative estimate of drug-likeness (QED) is 0.683. The number of Topliss-reactive ketones (excluding diaryl/α,β-unsaturated/α-hetero) is 1. The van der Waals surface area contributed by atoms with Gasteiger partial charge in [-0.05, 0) is 59.6 Å². The molecule has 4 aliphatic carbocycles. The van der Waals surface area contributed by atoms with Gasteiger partial charge in [0.05, 0.1) is 17.0 Å². The van der Waals surface area contributed by atoms with Crippen molar-refractivity contribution in [3.63, 3.8) is 0 Å². The van der Waals surface area contributed by atoms with E-state index in [0.29, 0.717) is 12.0 Å². The van der Waals surface area contributed by atoms with Crippen molar-refractivity contribution in [1.82, 2.24) is 0 Å². The monoisotopic (exact) mass is 349 g/mol. The molecule has 0 aromatic heterocycles. The Bertz CT molecular complexity index is 1100. The molecule has 4 aliphatic rings. The van der Waals surface area contributed by atoms with Crippen LogP contribution in [0.5, 0.6) is 0 Å². The Hall–Kier alpha value is -3.18. The van der Waals surface area contributed by atoms with Crippen LogP contribution in [-0.2, 0) is 4.79 Å². The summed E-state index contributed by atoms with van der Waals surface area (Å²) in [6.07, 6.45) is 18.3. The first-order chi connectivity index (χ1) is 13.2. The van der Waals surface area contributed by atoms with Gasteiger partial charge in [0.15, 0.2) is 5.78 Å². The van der Waals surface area contributed by atoms with Crippen molar-refractivity contribution in [2.75, 3.05) is 0 Å². The average molecular weight is 349 g/mol. The Morgan fingerprint density at radius 1 is 0.963 bits per heavy atom. The molecule has 27 heavy (non-hydrogen) atoms. The largest absolute Gasteiger partial charge is 0.293 e. The maximum atomic E-state index is 13.3. The van der Waals surface area contributed by atoms with Crippen LogP contribution < -0.4 is 0 Å². The van der Waals surface area contributed by atoms with E-state index in [2.05, 4.69) is 36.4 Å². The zero-order valence-corrected chi connectivity index (χ0v) is 15.0. The number of fused-ring (bicyclic) bond motifs is 2. The van der Waals surface area contributed by atoms with Crippen LogP contribution in [0.15, 0.2) is 89.1 Å². The summed E-state index contributed by atoms with van der Waals surface area (Å²) in [5, 5.41) is 9.41. The zero-order chi connectivity index (χ0) is 18.4. The molecule has 1 spiro atoms. The van der Waals surface area contributed by atoms with Crippen LogP contribution in [0.3, 0.4) is 0 Å². The van der Waals surface area contributed by atoms with Crippen molar-refractivity contribution in [3.05, 3.63) is 100 Å². The number of nitriles is 1. The lowest BCUT2D eigenvalue weighted by molar-refractivity contribution is -0.120. The number of allylic oxidation sites excluding steroid dienone is 12. The number of ketones is 1. The normalized spacial score (nSPS) is 25.6. The SMILES string of the molecule is N#Cc1ccccc1C1=CC=C2C(=O)C3(C=C4CC=CC=C4CC3)C=C2C1. The van der Waals surface area contributed by atoms with Crippen LogP contribution >= 0.6 is 0 Å². The molecule has 0 saturated heterocycles. The number of nitrogens with zero attached hydrogens (tertiary/aromatic N) is 1. The molecule has 0 radical (unpaired) electrons. The molecule has 1 aromatic rings. The van der Waals surface area contributed by atoms with E-state index in [4.69, 9.17) is 0 Å². The number of benzene rings is 1. The Labute approximate surface area is 159 Å². The molecule has 5 rings (SSSR count). The van der Waals surface area contributed by atoms with E-state index in [-0.39, 0.29) is 5.78 Å². The fraction of sp³-hybridized carbons (Fsp3) is 0.200. The van der Waals surface area contributed by atoms with E-state index < -0.39 is 5.41 Å². The van der Waals surface area contributed by atoms with Crippen LogP contribution in [0.4, 0.5) is 0 Å². The second kappa shape index (κ2) is 5.93. The third kappa shape index (κ3) is 2.43. The van der Waals surface area contributed by atoms with Gasteiger partial charge in [0.1, 0.15) is 0 Å². The number of hydrogen-bond donors (Lipinski definition) is 0. The first-order valence-electron chi connectivity index (χ1n) is 9.45. The molecule has 0 aliphatic heterocycles. The molecular formula is C25H19NO. The molecule has 0 N–H and O–H groups in total. The van der Waals surface area contributed by atoms with Gasteiger partial charge < -0.3 is 0 Å². The van der Waals surface area contributed by atoms with Gasteiger partial charge in [-0.3, -0.25) is 4.79 Å². The van der Waals surface area contributed by atoms with Crippen molar-refractivity contribution in [2.24, 2.45) is 5.41 Å². The van der Waals surface area contributed by atoms with E-state index in [1.165, 1.54) is 11.1 Å². The number of hydrogen-bond acceptors (Lipinski definition) is 2. The molecule has 0 amide bonds. The minimum Gasteiger partial charge on any atom is -0.293 e. The van der Waals surface area contributed by atoms with Crippen LogP contribution in [0.1, 0.15) is 36.8 Å². The van der Waals surface area contributed by atoms with Gasteiger partial charge in [-0.25, -0.2) is 0 Å². The van der Waals surface area contributed by atoms with Gasteiger partial charge in [-0.2, -0.15) is 5.26 Å². The van der Waals surface area contributed by atoms with Crippen molar-refractivity contribution in [2.45, 2.75) is 25.7 Å². The lowest BCUT2D eigenvalue weighted by Gasteiger charge is -2.30. The summed E-state index contributed by atoms with van der Waals surface area (Å²) < 4.78 is 0. The van der Waals surface area contributed by atoms with Crippen molar-refractivity contribution < 1.29 is 4.79 Å². The van der Waals surface area contributed by atoms with Crippen LogP contribution in [0.2, 0.25) is 0 Å². The van der Waals surface area contributed by atoms with Crippen molar-refractivity contribution >= 4 is 11.4 Å². The van der Waals surface area contributed by atoms with Gasteiger partial charge in [0, 0.05) is 5.57 Å².